The van der Waals surface area contributed by atoms with Gasteiger partial charge in [0.2, 0.25) is 10.0 Å². The lowest BCUT2D eigenvalue weighted by Crippen LogP contribution is -2.34. The molecule has 0 aliphatic carbocycles. The quantitative estimate of drug-likeness (QED) is 0.854. The number of aromatic amines is 1. The van der Waals surface area contributed by atoms with E-state index < -0.39 is 10.0 Å². The second-order valence-corrected chi connectivity index (χ2v) is 6.60. The number of halogens is 1. The Bertz CT molecular complexity index is 721. The highest BCUT2D eigenvalue weighted by Crippen LogP contribution is 2.29. The minimum absolute atomic E-state index is 0.305. The van der Waals surface area contributed by atoms with Crippen LogP contribution in [-0.2, 0) is 23.0 Å². The lowest BCUT2D eigenvalue weighted by Gasteiger charge is -2.24. The largest absolute Gasteiger partial charge is 0.358 e. The van der Waals surface area contributed by atoms with Crippen molar-refractivity contribution in [2.45, 2.75) is 13.0 Å². The van der Waals surface area contributed by atoms with Gasteiger partial charge in [0.25, 0.3) is 0 Å². The summed E-state index contributed by atoms with van der Waals surface area (Å²) in [7, 11) is -3.20. The summed E-state index contributed by atoms with van der Waals surface area (Å²) in [5.74, 6) is -0.305. The summed E-state index contributed by atoms with van der Waals surface area (Å²) in [6.45, 7) is 0.790. The smallest absolute Gasteiger partial charge is 0.211 e. The summed E-state index contributed by atoms with van der Waals surface area (Å²) in [6.07, 6.45) is 1.84. The van der Waals surface area contributed by atoms with Crippen LogP contribution in [0.15, 0.2) is 18.2 Å². The molecule has 4 nitrogen and oxygen atoms in total. The van der Waals surface area contributed by atoms with E-state index in [1.807, 2.05) is 0 Å². The minimum atomic E-state index is -3.20. The maximum absolute atomic E-state index is 13.3. The molecule has 6 heteroatoms. The first kappa shape index (κ1) is 11.7. The van der Waals surface area contributed by atoms with Gasteiger partial charge < -0.3 is 4.98 Å². The Morgan fingerprint density at radius 3 is 2.89 bits per heavy atom. The van der Waals surface area contributed by atoms with Gasteiger partial charge >= 0.3 is 0 Å². The highest BCUT2D eigenvalue weighted by atomic mass is 32.2. The number of hydrogen-bond donors (Lipinski definition) is 1. The first-order chi connectivity index (χ1) is 8.45. The van der Waals surface area contributed by atoms with Crippen LogP contribution >= 0.6 is 0 Å². The van der Waals surface area contributed by atoms with Crippen LogP contribution in [-0.4, -0.2) is 30.5 Å². The normalized spacial score (nSPS) is 17.0. The van der Waals surface area contributed by atoms with Crippen molar-refractivity contribution < 1.29 is 12.8 Å². The first-order valence-electron chi connectivity index (χ1n) is 5.69. The van der Waals surface area contributed by atoms with Crippen molar-refractivity contribution in [2.24, 2.45) is 0 Å². The molecule has 1 aromatic heterocycles. The molecule has 18 heavy (non-hydrogen) atoms. The molecule has 0 amide bonds. The predicted molar refractivity (Wildman–Crippen MR) is 67.2 cm³/mol. The predicted octanol–water partition coefficient (Wildman–Crippen LogP) is 1.62. The SMILES string of the molecule is CS(=O)(=O)N1CCc2[nH]c3ccc(F)cc3c2C1. The zero-order valence-corrected chi connectivity index (χ0v) is 10.7. The molecule has 0 saturated carbocycles. The van der Waals surface area contributed by atoms with Crippen molar-refractivity contribution in [3.05, 3.63) is 35.3 Å². The average Bonchev–Trinajstić information content (AvgIpc) is 2.65. The van der Waals surface area contributed by atoms with Gasteiger partial charge in [-0.2, -0.15) is 4.31 Å². The van der Waals surface area contributed by atoms with Gasteiger partial charge in [-0.15, -0.1) is 0 Å². The van der Waals surface area contributed by atoms with Crippen molar-refractivity contribution in [3.8, 4) is 0 Å². The molecular weight excluding hydrogens is 255 g/mol. The van der Waals surface area contributed by atoms with Gasteiger partial charge in [0.05, 0.1) is 6.26 Å². The molecule has 0 fully saturated rings. The monoisotopic (exact) mass is 268 g/mol. The fourth-order valence-corrected chi connectivity index (χ4v) is 3.23. The molecule has 0 saturated heterocycles. The van der Waals surface area contributed by atoms with Gasteiger partial charge in [0.15, 0.2) is 0 Å². The summed E-state index contributed by atoms with van der Waals surface area (Å²) >= 11 is 0. The van der Waals surface area contributed by atoms with Gasteiger partial charge in [-0.05, 0) is 23.8 Å². The van der Waals surface area contributed by atoms with E-state index in [-0.39, 0.29) is 5.82 Å². The van der Waals surface area contributed by atoms with Gasteiger partial charge in [-0.1, -0.05) is 0 Å². The summed E-state index contributed by atoms with van der Waals surface area (Å²) < 4.78 is 37.8. The molecular formula is C12H13FN2O2S. The van der Waals surface area contributed by atoms with Crippen molar-refractivity contribution in [2.75, 3.05) is 12.8 Å². The molecule has 0 atom stereocenters. The zero-order valence-electron chi connectivity index (χ0n) is 9.90. The van der Waals surface area contributed by atoms with Crippen LogP contribution in [0, 0.1) is 5.82 Å². The number of sulfonamides is 1. The number of rotatable bonds is 1. The molecule has 0 unspecified atom stereocenters. The molecule has 0 radical (unpaired) electrons. The van der Waals surface area contributed by atoms with E-state index >= 15 is 0 Å². The van der Waals surface area contributed by atoms with Gasteiger partial charge in [-0.3, -0.25) is 0 Å². The molecule has 2 heterocycles. The fourth-order valence-electron chi connectivity index (χ4n) is 2.44. The number of nitrogens with zero attached hydrogens (tertiary/aromatic N) is 1. The second-order valence-electron chi connectivity index (χ2n) is 4.62. The Balaban J connectivity index is 2.14. The number of benzene rings is 1. The standard InChI is InChI=1S/C12H13FN2O2S/c1-18(16,17)15-5-4-12-10(7-15)9-6-8(13)2-3-11(9)14-12/h2-3,6,14H,4-5,7H2,1H3. The van der Waals surface area contributed by atoms with Crippen molar-refractivity contribution in [3.63, 3.8) is 0 Å². The molecule has 96 valence electrons. The fraction of sp³-hybridized carbons (Fsp3) is 0.333. The Hall–Kier alpha value is -1.40. The van der Waals surface area contributed by atoms with Gasteiger partial charge in [-0.25, -0.2) is 12.8 Å². The summed E-state index contributed by atoms with van der Waals surface area (Å²) in [5.41, 5.74) is 2.76. The Kier molecular flexibility index (Phi) is 2.46. The average molecular weight is 268 g/mol. The van der Waals surface area contributed by atoms with E-state index in [0.717, 1.165) is 22.2 Å². The Morgan fingerprint density at radius 1 is 1.39 bits per heavy atom. The van der Waals surface area contributed by atoms with Crippen LogP contribution in [0.5, 0.6) is 0 Å². The van der Waals surface area contributed by atoms with E-state index in [1.165, 1.54) is 22.7 Å². The third kappa shape index (κ3) is 1.81. The second kappa shape index (κ2) is 3.80. The zero-order chi connectivity index (χ0) is 12.9. The maximum Gasteiger partial charge on any atom is 0.211 e. The van der Waals surface area contributed by atoms with Crippen LogP contribution < -0.4 is 0 Å². The molecule has 1 aromatic carbocycles. The van der Waals surface area contributed by atoms with Crippen LogP contribution in [0.4, 0.5) is 4.39 Å². The van der Waals surface area contributed by atoms with E-state index in [2.05, 4.69) is 4.98 Å². The lowest BCUT2D eigenvalue weighted by molar-refractivity contribution is 0.395. The van der Waals surface area contributed by atoms with Crippen molar-refractivity contribution in [1.82, 2.24) is 9.29 Å². The lowest BCUT2D eigenvalue weighted by atomic mass is 10.1. The number of fused-ring (bicyclic) bond motifs is 3. The third-order valence-corrected chi connectivity index (χ3v) is 4.62. The number of nitrogens with one attached hydrogen (secondary N) is 1. The molecule has 1 aliphatic heterocycles. The molecule has 2 aromatic rings. The topological polar surface area (TPSA) is 53.2 Å². The summed E-state index contributed by atoms with van der Waals surface area (Å²) in [4.78, 5) is 3.23. The van der Waals surface area contributed by atoms with Crippen LogP contribution in [0.3, 0.4) is 0 Å². The number of H-pyrrole nitrogens is 1. The number of aromatic nitrogens is 1. The van der Waals surface area contributed by atoms with Gasteiger partial charge in [0.1, 0.15) is 5.82 Å². The molecule has 3 rings (SSSR count). The van der Waals surface area contributed by atoms with Crippen molar-refractivity contribution in [1.29, 1.82) is 0 Å². The maximum atomic E-state index is 13.3. The van der Waals surface area contributed by atoms with E-state index in [4.69, 9.17) is 0 Å². The minimum Gasteiger partial charge on any atom is -0.358 e. The van der Waals surface area contributed by atoms with Crippen LogP contribution in [0.25, 0.3) is 10.9 Å². The van der Waals surface area contributed by atoms with E-state index in [0.29, 0.717) is 19.5 Å². The molecule has 0 bridgehead atoms. The summed E-state index contributed by atoms with van der Waals surface area (Å²) in [6, 6.07) is 4.54. The van der Waals surface area contributed by atoms with E-state index in [9.17, 15) is 12.8 Å². The third-order valence-electron chi connectivity index (χ3n) is 3.37. The highest BCUT2D eigenvalue weighted by Gasteiger charge is 2.25. The number of hydrogen-bond acceptors (Lipinski definition) is 2. The Labute approximate surface area is 104 Å². The van der Waals surface area contributed by atoms with E-state index in [1.54, 1.807) is 6.07 Å². The van der Waals surface area contributed by atoms with Crippen molar-refractivity contribution >= 4 is 20.9 Å². The summed E-state index contributed by atoms with van der Waals surface area (Å²) in [5, 5.41) is 0.776. The molecule has 1 N–H and O–H groups in total. The van der Waals surface area contributed by atoms with Crippen LogP contribution in [0.1, 0.15) is 11.3 Å². The highest BCUT2D eigenvalue weighted by molar-refractivity contribution is 7.88. The Morgan fingerprint density at radius 2 is 2.17 bits per heavy atom. The molecule has 0 spiro atoms. The first-order valence-corrected chi connectivity index (χ1v) is 7.54. The van der Waals surface area contributed by atoms with Gasteiger partial charge in [0, 0.05) is 36.1 Å². The molecule has 1 aliphatic rings. The van der Waals surface area contributed by atoms with Crippen LogP contribution in [0.2, 0.25) is 0 Å².